The van der Waals surface area contributed by atoms with E-state index in [1.807, 2.05) is 52.8 Å². The maximum Gasteiger partial charge on any atom is 0.410 e. The average Bonchev–Trinajstić information content (AvgIpc) is 2.67. The van der Waals surface area contributed by atoms with Crippen molar-refractivity contribution in [3.05, 3.63) is 29.8 Å². The second kappa shape index (κ2) is 10.9. The first-order chi connectivity index (χ1) is 14.2. The van der Waals surface area contributed by atoms with Crippen LogP contribution in [0.5, 0.6) is 11.5 Å². The molecule has 0 unspecified atom stereocenters. The summed E-state index contributed by atoms with van der Waals surface area (Å²) in [5.41, 5.74) is 0.354. The van der Waals surface area contributed by atoms with Crippen molar-refractivity contribution >= 4 is 18.1 Å². The summed E-state index contributed by atoms with van der Waals surface area (Å²) in [5, 5.41) is 3.01. The molecule has 1 heterocycles. The van der Waals surface area contributed by atoms with Crippen molar-refractivity contribution in [1.29, 1.82) is 0 Å². The SMILES string of the molecule is CCOc1ccc(/C=C/C(=O)NC2CCN(C(=O)OC(C)(C)C)CC2)cc1OCC. The van der Waals surface area contributed by atoms with Gasteiger partial charge in [0.2, 0.25) is 5.91 Å². The number of piperidine rings is 1. The van der Waals surface area contributed by atoms with E-state index in [9.17, 15) is 9.59 Å². The van der Waals surface area contributed by atoms with Crippen molar-refractivity contribution in [1.82, 2.24) is 10.2 Å². The van der Waals surface area contributed by atoms with Gasteiger partial charge in [0, 0.05) is 25.2 Å². The number of amides is 2. The van der Waals surface area contributed by atoms with Crippen LogP contribution in [-0.4, -0.2) is 54.8 Å². The Labute approximate surface area is 179 Å². The van der Waals surface area contributed by atoms with Gasteiger partial charge in [0.1, 0.15) is 5.60 Å². The van der Waals surface area contributed by atoms with Gasteiger partial charge in [-0.25, -0.2) is 4.79 Å². The zero-order valence-electron chi connectivity index (χ0n) is 18.7. The molecule has 1 aromatic carbocycles. The van der Waals surface area contributed by atoms with Crippen LogP contribution in [0, 0.1) is 0 Å². The topological polar surface area (TPSA) is 77.1 Å². The van der Waals surface area contributed by atoms with Crippen molar-refractivity contribution < 1.29 is 23.8 Å². The number of benzene rings is 1. The zero-order valence-corrected chi connectivity index (χ0v) is 18.7. The summed E-state index contributed by atoms with van der Waals surface area (Å²) in [6, 6.07) is 5.63. The van der Waals surface area contributed by atoms with Gasteiger partial charge in [-0.15, -0.1) is 0 Å². The van der Waals surface area contributed by atoms with E-state index in [4.69, 9.17) is 14.2 Å². The predicted molar refractivity (Wildman–Crippen MR) is 117 cm³/mol. The number of hydrogen-bond donors (Lipinski definition) is 1. The minimum absolute atomic E-state index is 0.0418. The molecule has 0 aromatic heterocycles. The van der Waals surface area contributed by atoms with Crippen molar-refractivity contribution in [2.24, 2.45) is 0 Å². The number of carbonyl (C=O) groups excluding carboxylic acids is 2. The molecular formula is C23H34N2O5. The van der Waals surface area contributed by atoms with E-state index >= 15 is 0 Å². The van der Waals surface area contributed by atoms with Crippen LogP contribution in [0.1, 0.15) is 53.0 Å². The van der Waals surface area contributed by atoms with Gasteiger partial charge >= 0.3 is 6.09 Å². The van der Waals surface area contributed by atoms with Gasteiger partial charge in [-0.3, -0.25) is 4.79 Å². The Morgan fingerprint density at radius 3 is 2.33 bits per heavy atom. The molecular weight excluding hydrogens is 384 g/mol. The lowest BCUT2D eigenvalue weighted by atomic mass is 10.1. The Morgan fingerprint density at radius 1 is 1.10 bits per heavy atom. The van der Waals surface area contributed by atoms with Crippen LogP contribution in [0.4, 0.5) is 4.79 Å². The molecule has 0 bridgehead atoms. The van der Waals surface area contributed by atoms with Crippen molar-refractivity contribution in [2.45, 2.75) is 59.1 Å². The van der Waals surface area contributed by atoms with Crippen molar-refractivity contribution in [3.63, 3.8) is 0 Å². The van der Waals surface area contributed by atoms with Gasteiger partial charge in [0.15, 0.2) is 11.5 Å². The van der Waals surface area contributed by atoms with Gasteiger partial charge in [-0.05, 0) is 71.2 Å². The second-order valence-electron chi connectivity index (χ2n) is 8.16. The lowest BCUT2D eigenvalue weighted by Crippen LogP contribution is -2.47. The Kier molecular flexibility index (Phi) is 8.57. The lowest BCUT2D eigenvalue weighted by Gasteiger charge is -2.33. The molecule has 2 rings (SSSR count). The van der Waals surface area contributed by atoms with E-state index in [0.29, 0.717) is 50.6 Å². The minimum atomic E-state index is -0.504. The maximum absolute atomic E-state index is 12.3. The number of ether oxygens (including phenoxy) is 3. The third-order valence-electron chi connectivity index (χ3n) is 4.49. The molecule has 2 amide bonds. The molecule has 0 saturated carbocycles. The number of nitrogens with one attached hydrogen (secondary N) is 1. The van der Waals surface area contributed by atoms with Crippen LogP contribution in [0.25, 0.3) is 6.08 Å². The molecule has 1 N–H and O–H groups in total. The summed E-state index contributed by atoms with van der Waals surface area (Å²) in [6.07, 6.45) is 4.38. The number of rotatable bonds is 7. The van der Waals surface area contributed by atoms with Crippen LogP contribution in [-0.2, 0) is 9.53 Å². The third-order valence-corrected chi connectivity index (χ3v) is 4.49. The van der Waals surface area contributed by atoms with Gasteiger partial charge in [0.05, 0.1) is 13.2 Å². The molecule has 1 aromatic rings. The molecule has 1 aliphatic heterocycles. The van der Waals surface area contributed by atoms with Crippen molar-refractivity contribution in [3.8, 4) is 11.5 Å². The highest BCUT2D eigenvalue weighted by molar-refractivity contribution is 5.92. The summed E-state index contributed by atoms with van der Waals surface area (Å²) in [6.45, 7) is 11.6. The van der Waals surface area contributed by atoms with E-state index in [-0.39, 0.29) is 18.0 Å². The first-order valence-corrected chi connectivity index (χ1v) is 10.6. The van der Waals surface area contributed by atoms with Gasteiger partial charge in [-0.2, -0.15) is 0 Å². The van der Waals surface area contributed by atoms with E-state index in [1.54, 1.807) is 11.0 Å². The normalized spacial score (nSPS) is 15.2. The summed E-state index contributed by atoms with van der Waals surface area (Å²) in [4.78, 5) is 26.1. The van der Waals surface area contributed by atoms with Crippen molar-refractivity contribution in [2.75, 3.05) is 26.3 Å². The highest BCUT2D eigenvalue weighted by atomic mass is 16.6. The molecule has 0 atom stereocenters. The quantitative estimate of drug-likeness (QED) is 0.677. The molecule has 7 nitrogen and oxygen atoms in total. The fourth-order valence-electron chi connectivity index (χ4n) is 3.13. The van der Waals surface area contributed by atoms with Crippen LogP contribution >= 0.6 is 0 Å². The molecule has 1 aliphatic rings. The largest absolute Gasteiger partial charge is 0.490 e. The average molecular weight is 419 g/mol. The summed E-state index contributed by atoms with van der Waals surface area (Å²) in [5.74, 6) is 1.20. The summed E-state index contributed by atoms with van der Waals surface area (Å²) < 4.78 is 16.6. The predicted octanol–water partition coefficient (Wildman–Crippen LogP) is 4.01. The molecule has 1 fully saturated rings. The Bertz CT molecular complexity index is 746. The maximum atomic E-state index is 12.3. The number of nitrogens with zero attached hydrogens (tertiary/aromatic N) is 1. The first kappa shape index (κ1) is 23.6. The highest BCUT2D eigenvalue weighted by Gasteiger charge is 2.27. The molecule has 7 heteroatoms. The zero-order chi connectivity index (χ0) is 22.1. The fourth-order valence-corrected chi connectivity index (χ4v) is 3.13. The van der Waals surface area contributed by atoms with Crippen LogP contribution in [0.15, 0.2) is 24.3 Å². The lowest BCUT2D eigenvalue weighted by molar-refractivity contribution is -0.117. The summed E-state index contributed by atoms with van der Waals surface area (Å²) >= 11 is 0. The van der Waals surface area contributed by atoms with Crippen LogP contribution in [0.2, 0.25) is 0 Å². The van der Waals surface area contributed by atoms with E-state index in [1.165, 1.54) is 6.08 Å². The standard InChI is InChI=1S/C23H34N2O5/c1-6-28-19-10-8-17(16-20(19)29-7-2)9-11-21(26)24-18-12-14-25(15-13-18)22(27)30-23(3,4)5/h8-11,16,18H,6-7,12-15H2,1-5H3,(H,24,26)/b11-9+. The third kappa shape index (κ3) is 7.61. The van der Waals surface area contributed by atoms with Gasteiger partial charge in [-0.1, -0.05) is 6.07 Å². The molecule has 0 spiro atoms. The molecule has 0 radical (unpaired) electrons. The van der Waals surface area contributed by atoms with Crippen LogP contribution in [0.3, 0.4) is 0 Å². The molecule has 166 valence electrons. The fraction of sp³-hybridized carbons (Fsp3) is 0.565. The van der Waals surface area contributed by atoms with E-state index in [0.717, 1.165) is 5.56 Å². The Balaban J connectivity index is 1.85. The first-order valence-electron chi connectivity index (χ1n) is 10.6. The molecule has 1 saturated heterocycles. The monoisotopic (exact) mass is 418 g/mol. The van der Waals surface area contributed by atoms with Crippen LogP contribution < -0.4 is 14.8 Å². The smallest absolute Gasteiger partial charge is 0.410 e. The Hall–Kier alpha value is -2.70. The summed E-state index contributed by atoms with van der Waals surface area (Å²) in [7, 11) is 0. The second-order valence-corrected chi connectivity index (χ2v) is 8.16. The van der Waals surface area contributed by atoms with Gasteiger partial charge in [0.25, 0.3) is 0 Å². The van der Waals surface area contributed by atoms with E-state index < -0.39 is 5.60 Å². The molecule has 0 aliphatic carbocycles. The van der Waals surface area contributed by atoms with E-state index in [2.05, 4.69) is 5.32 Å². The highest BCUT2D eigenvalue weighted by Crippen LogP contribution is 2.29. The minimum Gasteiger partial charge on any atom is -0.490 e. The van der Waals surface area contributed by atoms with Gasteiger partial charge < -0.3 is 24.4 Å². The number of hydrogen-bond acceptors (Lipinski definition) is 5. The molecule has 30 heavy (non-hydrogen) atoms. The Morgan fingerprint density at radius 2 is 1.73 bits per heavy atom. The number of carbonyl (C=O) groups is 2. The number of likely N-dealkylation sites (tertiary alicyclic amines) is 1.